The summed E-state index contributed by atoms with van der Waals surface area (Å²) in [4.78, 5) is 4.29. The third-order valence-corrected chi connectivity index (χ3v) is 4.19. The highest BCUT2D eigenvalue weighted by molar-refractivity contribution is 7.16. The van der Waals surface area contributed by atoms with Crippen molar-refractivity contribution in [1.82, 2.24) is 4.98 Å². The van der Waals surface area contributed by atoms with Gasteiger partial charge < -0.3 is 5.32 Å². The Morgan fingerprint density at radius 1 is 1.05 bits per heavy atom. The molecular weight excluding hydrogens is 252 g/mol. The number of benzene rings is 2. The summed E-state index contributed by atoms with van der Waals surface area (Å²) in [6.07, 6.45) is 0. The fraction of sp³-hybridized carbons (Fsp3) is 0.188. The largest absolute Gasteiger partial charge is 0.381 e. The van der Waals surface area contributed by atoms with Gasteiger partial charge in [0.2, 0.25) is 0 Å². The third-order valence-electron chi connectivity index (χ3n) is 3.40. The molecule has 3 aromatic rings. The highest BCUT2D eigenvalue weighted by Crippen LogP contribution is 2.22. The summed E-state index contributed by atoms with van der Waals surface area (Å²) in [5.41, 5.74) is 8.11. The van der Waals surface area contributed by atoms with Gasteiger partial charge in [-0.2, -0.15) is 0 Å². The van der Waals surface area contributed by atoms with E-state index in [-0.39, 0.29) is 0 Å². The fourth-order valence-electron chi connectivity index (χ4n) is 2.08. The molecule has 2 aromatic carbocycles. The number of hydrogen-bond acceptors (Lipinski definition) is 3. The number of aryl methyl sites for hydroxylation is 2. The van der Waals surface area contributed by atoms with Gasteiger partial charge in [-0.25, -0.2) is 4.98 Å². The molecule has 3 rings (SSSR count). The van der Waals surface area contributed by atoms with Crippen molar-refractivity contribution in [2.75, 3.05) is 5.32 Å². The van der Waals surface area contributed by atoms with E-state index in [0.717, 1.165) is 17.7 Å². The molecule has 0 bridgehead atoms. The van der Waals surface area contributed by atoms with Crippen molar-refractivity contribution in [3.63, 3.8) is 0 Å². The van der Waals surface area contributed by atoms with Crippen LogP contribution < -0.4 is 5.32 Å². The molecule has 96 valence electrons. The van der Waals surface area contributed by atoms with Crippen molar-refractivity contribution in [3.05, 3.63) is 58.6 Å². The van der Waals surface area contributed by atoms with Crippen molar-refractivity contribution in [2.24, 2.45) is 0 Å². The van der Waals surface area contributed by atoms with Crippen molar-refractivity contribution < 1.29 is 0 Å². The number of rotatable bonds is 3. The van der Waals surface area contributed by atoms with Gasteiger partial charge in [-0.15, -0.1) is 11.3 Å². The topological polar surface area (TPSA) is 24.9 Å². The van der Waals surface area contributed by atoms with Crippen LogP contribution in [0.15, 0.2) is 41.9 Å². The zero-order valence-electron chi connectivity index (χ0n) is 11.1. The maximum absolute atomic E-state index is 4.29. The summed E-state index contributed by atoms with van der Waals surface area (Å²) in [6.45, 7) is 5.15. The van der Waals surface area contributed by atoms with Crippen LogP contribution in [-0.2, 0) is 6.54 Å². The van der Waals surface area contributed by atoms with E-state index in [0.29, 0.717) is 0 Å². The first-order valence-electron chi connectivity index (χ1n) is 6.35. The zero-order chi connectivity index (χ0) is 13.2. The van der Waals surface area contributed by atoms with Gasteiger partial charge in [-0.05, 0) is 48.7 Å². The number of nitrogens with one attached hydrogen (secondary N) is 1. The SMILES string of the molecule is Cc1ccc(CNc2ccc3ncsc3c2)cc1C. The lowest BCUT2D eigenvalue weighted by atomic mass is 10.1. The molecule has 0 saturated carbocycles. The Balaban J connectivity index is 1.75. The van der Waals surface area contributed by atoms with Crippen molar-refractivity contribution >= 4 is 27.2 Å². The van der Waals surface area contributed by atoms with Crippen LogP contribution in [0.4, 0.5) is 5.69 Å². The number of fused-ring (bicyclic) bond motifs is 1. The maximum Gasteiger partial charge on any atom is 0.0813 e. The highest BCUT2D eigenvalue weighted by Gasteiger charge is 2.00. The molecule has 0 unspecified atom stereocenters. The molecular formula is C16H16N2S. The van der Waals surface area contributed by atoms with E-state index >= 15 is 0 Å². The standard InChI is InChI=1S/C16H16N2S/c1-11-3-4-13(7-12(11)2)9-17-14-5-6-15-16(8-14)19-10-18-15/h3-8,10,17H,9H2,1-2H3. The van der Waals surface area contributed by atoms with Crippen LogP contribution in [0.5, 0.6) is 0 Å². The van der Waals surface area contributed by atoms with Gasteiger partial charge in [0, 0.05) is 12.2 Å². The summed E-state index contributed by atoms with van der Waals surface area (Å²) >= 11 is 1.68. The molecule has 0 aliphatic heterocycles. The molecule has 0 amide bonds. The normalized spacial score (nSPS) is 10.8. The van der Waals surface area contributed by atoms with E-state index in [9.17, 15) is 0 Å². The van der Waals surface area contributed by atoms with Crippen LogP contribution >= 0.6 is 11.3 Å². The Kier molecular flexibility index (Phi) is 3.22. The Hall–Kier alpha value is -1.87. The first-order valence-corrected chi connectivity index (χ1v) is 7.23. The summed E-state index contributed by atoms with van der Waals surface area (Å²) in [6, 6.07) is 12.9. The first-order chi connectivity index (χ1) is 9.22. The van der Waals surface area contributed by atoms with Gasteiger partial charge >= 0.3 is 0 Å². The average molecular weight is 268 g/mol. The van der Waals surface area contributed by atoms with Crippen LogP contribution in [-0.4, -0.2) is 4.98 Å². The third kappa shape index (κ3) is 2.61. The quantitative estimate of drug-likeness (QED) is 0.755. The molecule has 1 N–H and O–H groups in total. The van der Waals surface area contributed by atoms with Gasteiger partial charge in [0.1, 0.15) is 0 Å². The highest BCUT2D eigenvalue weighted by atomic mass is 32.1. The van der Waals surface area contributed by atoms with Crippen molar-refractivity contribution in [1.29, 1.82) is 0 Å². The summed E-state index contributed by atoms with van der Waals surface area (Å²) < 4.78 is 1.23. The number of aromatic nitrogens is 1. The lowest BCUT2D eigenvalue weighted by molar-refractivity contribution is 1.13. The first kappa shape index (κ1) is 12.2. The molecule has 2 nitrogen and oxygen atoms in total. The minimum absolute atomic E-state index is 0.853. The number of thiazole rings is 1. The van der Waals surface area contributed by atoms with Crippen LogP contribution in [0.3, 0.4) is 0 Å². The summed E-state index contributed by atoms with van der Waals surface area (Å²) in [5.74, 6) is 0. The minimum atomic E-state index is 0.853. The minimum Gasteiger partial charge on any atom is -0.381 e. The van der Waals surface area contributed by atoms with Gasteiger partial charge in [0.25, 0.3) is 0 Å². The average Bonchev–Trinajstić information content (AvgIpc) is 2.87. The lowest BCUT2D eigenvalue weighted by Crippen LogP contribution is -1.99. The number of nitrogens with zero attached hydrogens (tertiary/aromatic N) is 1. The van der Waals surface area contributed by atoms with Crippen LogP contribution in [0, 0.1) is 13.8 Å². The summed E-state index contributed by atoms with van der Waals surface area (Å²) in [5, 5.41) is 3.47. The van der Waals surface area contributed by atoms with Crippen LogP contribution in [0.2, 0.25) is 0 Å². The van der Waals surface area contributed by atoms with E-state index in [1.54, 1.807) is 11.3 Å². The Morgan fingerprint density at radius 2 is 1.95 bits per heavy atom. The molecule has 0 spiro atoms. The van der Waals surface area contributed by atoms with Gasteiger partial charge in [0.05, 0.1) is 15.7 Å². The number of hydrogen-bond donors (Lipinski definition) is 1. The van der Waals surface area contributed by atoms with Gasteiger partial charge in [-0.1, -0.05) is 18.2 Å². The van der Waals surface area contributed by atoms with Gasteiger partial charge in [0.15, 0.2) is 0 Å². The Bertz CT molecular complexity index is 716. The molecule has 1 aromatic heterocycles. The van der Waals surface area contributed by atoms with Crippen molar-refractivity contribution in [3.8, 4) is 0 Å². The van der Waals surface area contributed by atoms with Gasteiger partial charge in [-0.3, -0.25) is 0 Å². The van der Waals surface area contributed by atoms with E-state index in [2.05, 4.69) is 60.5 Å². The molecule has 0 saturated heterocycles. The molecule has 0 aliphatic carbocycles. The second kappa shape index (κ2) is 5.02. The fourth-order valence-corrected chi connectivity index (χ4v) is 2.80. The molecule has 0 atom stereocenters. The summed E-state index contributed by atoms with van der Waals surface area (Å²) in [7, 11) is 0. The molecule has 19 heavy (non-hydrogen) atoms. The van der Waals surface area contributed by atoms with Crippen LogP contribution in [0.1, 0.15) is 16.7 Å². The second-order valence-corrected chi connectivity index (χ2v) is 5.69. The number of anilines is 1. The maximum atomic E-state index is 4.29. The Labute approximate surface area is 117 Å². The van der Waals surface area contributed by atoms with E-state index in [4.69, 9.17) is 0 Å². The van der Waals surface area contributed by atoms with E-state index in [1.807, 2.05) is 5.51 Å². The van der Waals surface area contributed by atoms with E-state index in [1.165, 1.54) is 21.4 Å². The predicted octanol–water partition coefficient (Wildman–Crippen LogP) is 4.53. The Morgan fingerprint density at radius 3 is 2.79 bits per heavy atom. The second-order valence-electron chi connectivity index (χ2n) is 4.81. The monoisotopic (exact) mass is 268 g/mol. The predicted molar refractivity (Wildman–Crippen MR) is 82.9 cm³/mol. The molecule has 0 fully saturated rings. The van der Waals surface area contributed by atoms with Crippen LogP contribution in [0.25, 0.3) is 10.2 Å². The zero-order valence-corrected chi connectivity index (χ0v) is 11.9. The molecule has 0 aliphatic rings. The smallest absolute Gasteiger partial charge is 0.0813 e. The lowest BCUT2D eigenvalue weighted by Gasteiger charge is -2.08. The molecule has 1 heterocycles. The van der Waals surface area contributed by atoms with Crippen molar-refractivity contribution in [2.45, 2.75) is 20.4 Å². The molecule has 3 heteroatoms. The molecule has 0 radical (unpaired) electrons. The van der Waals surface area contributed by atoms with E-state index < -0.39 is 0 Å².